The Morgan fingerprint density at radius 2 is 2.09 bits per heavy atom. The number of hydrazine groups is 1. The first-order valence-electron chi connectivity index (χ1n) is 6.98. The molecule has 3 nitrogen and oxygen atoms in total. The zero-order chi connectivity index (χ0) is 16.5. The van der Waals surface area contributed by atoms with Gasteiger partial charge in [-0.15, -0.1) is 0 Å². The second-order valence-corrected chi connectivity index (χ2v) is 6.62. The SMILES string of the molecule is CC1(C)CN(C(CCc2cccc(Cl)c2)C(F)(F)F)NC1=O. The molecule has 1 saturated heterocycles. The summed E-state index contributed by atoms with van der Waals surface area (Å²) < 4.78 is 39.9. The number of nitrogens with one attached hydrogen (secondary N) is 1. The minimum absolute atomic E-state index is 0.0333. The number of amides is 1. The molecule has 0 bridgehead atoms. The van der Waals surface area contributed by atoms with Crippen LogP contribution in [-0.4, -0.2) is 29.7 Å². The second-order valence-electron chi connectivity index (χ2n) is 6.18. The summed E-state index contributed by atoms with van der Waals surface area (Å²) in [6, 6.07) is 5.07. The highest BCUT2D eigenvalue weighted by Gasteiger charge is 2.49. The lowest BCUT2D eigenvalue weighted by Crippen LogP contribution is -2.50. The summed E-state index contributed by atoms with van der Waals surface area (Å²) in [6.45, 7) is 3.30. The predicted molar refractivity (Wildman–Crippen MR) is 78.2 cm³/mol. The van der Waals surface area contributed by atoms with Crippen LogP contribution < -0.4 is 5.43 Å². The average molecular weight is 335 g/mol. The fourth-order valence-corrected chi connectivity index (χ4v) is 2.71. The van der Waals surface area contributed by atoms with Crippen LogP contribution in [0.2, 0.25) is 5.02 Å². The van der Waals surface area contributed by atoms with Crippen LogP contribution in [0.25, 0.3) is 0 Å². The molecule has 1 aliphatic heterocycles. The highest BCUT2D eigenvalue weighted by molar-refractivity contribution is 6.30. The van der Waals surface area contributed by atoms with Crippen molar-refractivity contribution in [2.75, 3.05) is 6.54 Å². The lowest BCUT2D eigenvalue weighted by Gasteiger charge is -2.29. The van der Waals surface area contributed by atoms with Crippen molar-refractivity contribution in [1.29, 1.82) is 0 Å². The van der Waals surface area contributed by atoms with Gasteiger partial charge in [0.25, 0.3) is 0 Å². The van der Waals surface area contributed by atoms with Gasteiger partial charge in [-0.1, -0.05) is 23.7 Å². The van der Waals surface area contributed by atoms with Gasteiger partial charge in [0.05, 0.1) is 5.41 Å². The van der Waals surface area contributed by atoms with E-state index in [1.807, 2.05) is 0 Å². The van der Waals surface area contributed by atoms with Crippen molar-refractivity contribution >= 4 is 17.5 Å². The van der Waals surface area contributed by atoms with Crippen LogP contribution in [-0.2, 0) is 11.2 Å². The minimum Gasteiger partial charge on any atom is -0.288 e. The highest BCUT2D eigenvalue weighted by atomic mass is 35.5. The Morgan fingerprint density at radius 3 is 2.59 bits per heavy atom. The Morgan fingerprint density at radius 1 is 1.41 bits per heavy atom. The van der Waals surface area contributed by atoms with E-state index in [4.69, 9.17) is 11.6 Å². The molecule has 0 saturated carbocycles. The van der Waals surface area contributed by atoms with Crippen molar-refractivity contribution < 1.29 is 18.0 Å². The van der Waals surface area contributed by atoms with Gasteiger partial charge in [0.15, 0.2) is 0 Å². The number of hydrogen-bond acceptors (Lipinski definition) is 2. The molecule has 1 unspecified atom stereocenters. The van der Waals surface area contributed by atoms with Crippen LogP contribution in [0.3, 0.4) is 0 Å². The quantitative estimate of drug-likeness (QED) is 0.913. The van der Waals surface area contributed by atoms with Crippen molar-refractivity contribution in [2.24, 2.45) is 5.41 Å². The van der Waals surface area contributed by atoms with Gasteiger partial charge < -0.3 is 0 Å². The first-order valence-corrected chi connectivity index (χ1v) is 7.36. The maximum atomic E-state index is 13.3. The summed E-state index contributed by atoms with van der Waals surface area (Å²) in [4.78, 5) is 11.7. The first-order chi connectivity index (χ1) is 10.1. The summed E-state index contributed by atoms with van der Waals surface area (Å²) >= 11 is 5.84. The standard InChI is InChI=1S/C15H18ClF3N2O/c1-14(2)9-21(20-13(14)22)12(15(17,18)19)7-6-10-4-3-5-11(16)8-10/h3-5,8,12H,6-7,9H2,1-2H3,(H,20,22). The third-order valence-electron chi connectivity index (χ3n) is 3.78. The van der Waals surface area contributed by atoms with E-state index in [1.165, 1.54) is 0 Å². The summed E-state index contributed by atoms with van der Waals surface area (Å²) in [5.41, 5.74) is 2.27. The van der Waals surface area contributed by atoms with Crippen molar-refractivity contribution in [3.8, 4) is 0 Å². The van der Waals surface area contributed by atoms with Crippen LogP contribution in [0.1, 0.15) is 25.8 Å². The summed E-state index contributed by atoms with van der Waals surface area (Å²) in [6.07, 6.45) is -4.32. The molecule has 22 heavy (non-hydrogen) atoms. The van der Waals surface area contributed by atoms with E-state index in [9.17, 15) is 18.0 Å². The number of nitrogens with zero attached hydrogens (tertiary/aromatic N) is 1. The fraction of sp³-hybridized carbons (Fsp3) is 0.533. The van der Waals surface area contributed by atoms with E-state index < -0.39 is 17.6 Å². The number of carbonyl (C=O) groups excluding carboxylic acids is 1. The summed E-state index contributed by atoms with van der Waals surface area (Å²) in [5.74, 6) is -0.385. The number of alkyl halides is 3. The number of halogens is 4. The van der Waals surface area contributed by atoms with Gasteiger partial charge in [0, 0.05) is 11.6 Å². The van der Waals surface area contributed by atoms with E-state index in [2.05, 4.69) is 5.43 Å². The molecular weight excluding hydrogens is 317 g/mol. The van der Waals surface area contributed by atoms with E-state index in [0.29, 0.717) is 5.02 Å². The Bertz CT molecular complexity index is 560. The van der Waals surface area contributed by atoms with Gasteiger partial charge in [-0.2, -0.15) is 13.2 Å². The molecule has 0 aliphatic carbocycles. The molecule has 0 radical (unpaired) electrons. The minimum atomic E-state index is -4.41. The number of hydrogen-bond donors (Lipinski definition) is 1. The van der Waals surface area contributed by atoms with E-state index in [1.54, 1.807) is 38.1 Å². The summed E-state index contributed by atoms with van der Waals surface area (Å²) in [5, 5.41) is 1.50. The van der Waals surface area contributed by atoms with E-state index in [0.717, 1.165) is 10.6 Å². The fourth-order valence-electron chi connectivity index (χ4n) is 2.50. The lowest BCUT2D eigenvalue weighted by molar-refractivity contribution is -0.190. The molecule has 0 aromatic heterocycles. The van der Waals surface area contributed by atoms with Crippen LogP contribution in [0.15, 0.2) is 24.3 Å². The van der Waals surface area contributed by atoms with Gasteiger partial charge in [-0.25, -0.2) is 5.01 Å². The molecule has 122 valence electrons. The summed E-state index contributed by atoms with van der Waals surface area (Å²) in [7, 11) is 0. The molecule has 1 N–H and O–H groups in total. The van der Waals surface area contributed by atoms with Gasteiger partial charge in [0.2, 0.25) is 5.91 Å². The normalized spacial score (nSPS) is 20.0. The molecule has 1 aliphatic rings. The molecule has 7 heteroatoms. The van der Waals surface area contributed by atoms with Crippen molar-refractivity contribution in [1.82, 2.24) is 10.4 Å². The van der Waals surface area contributed by atoms with Crippen molar-refractivity contribution in [3.05, 3.63) is 34.9 Å². The van der Waals surface area contributed by atoms with Crippen LogP contribution in [0, 0.1) is 5.41 Å². The monoisotopic (exact) mass is 334 g/mol. The lowest BCUT2D eigenvalue weighted by atomic mass is 9.94. The Balaban J connectivity index is 2.10. The van der Waals surface area contributed by atoms with Gasteiger partial charge in [-0.05, 0) is 44.4 Å². The van der Waals surface area contributed by atoms with Gasteiger partial charge in [-0.3, -0.25) is 10.2 Å². The van der Waals surface area contributed by atoms with E-state index in [-0.39, 0.29) is 25.3 Å². The molecule has 1 amide bonds. The van der Waals surface area contributed by atoms with Crippen molar-refractivity contribution in [2.45, 2.75) is 38.9 Å². The third kappa shape index (κ3) is 3.93. The Kier molecular flexibility index (Phi) is 4.73. The molecule has 1 heterocycles. The highest BCUT2D eigenvalue weighted by Crippen LogP contribution is 2.33. The average Bonchev–Trinajstić information content (AvgIpc) is 2.62. The molecule has 0 spiro atoms. The number of benzene rings is 1. The Labute approximate surface area is 132 Å². The molecular formula is C15H18ClF3N2O. The smallest absolute Gasteiger partial charge is 0.288 e. The van der Waals surface area contributed by atoms with Gasteiger partial charge in [0.1, 0.15) is 6.04 Å². The maximum Gasteiger partial charge on any atom is 0.405 e. The first kappa shape index (κ1) is 17.1. The zero-order valence-corrected chi connectivity index (χ0v) is 13.1. The van der Waals surface area contributed by atoms with Crippen LogP contribution in [0.5, 0.6) is 0 Å². The van der Waals surface area contributed by atoms with Gasteiger partial charge >= 0.3 is 6.18 Å². The molecule has 1 fully saturated rings. The topological polar surface area (TPSA) is 32.3 Å². The maximum absolute atomic E-state index is 13.3. The predicted octanol–water partition coefficient (Wildman–Crippen LogP) is 3.58. The molecule has 1 atom stereocenters. The molecule has 2 rings (SSSR count). The second kappa shape index (κ2) is 6.08. The number of aryl methyl sites for hydroxylation is 1. The van der Waals surface area contributed by atoms with E-state index >= 15 is 0 Å². The Hall–Kier alpha value is -1.27. The number of carbonyl (C=O) groups is 1. The third-order valence-corrected chi connectivity index (χ3v) is 4.01. The number of rotatable bonds is 4. The van der Waals surface area contributed by atoms with Crippen LogP contribution in [0.4, 0.5) is 13.2 Å². The molecule has 1 aromatic rings. The largest absolute Gasteiger partial charge is 0.405 e. The molecule has 1 aromatic carbocycles. The van der Waals surface area contributed by atoms with Crippen molar-refractivity contribution in [3.63, 3.8) is 0 Å². The zero-order valence-electron chi connectivity index (χ0n) is 12.4. The van der Waals surface area contributed by atoms with Crippen LogP contribution >= 0.6 is 11.6 Å².